The first kappa shape index (κ1) is 15.4. The van der Waals surface area contributed by atoms with Gasteiger partial charge < -0.3 is 4.74 Å². The Balaban J connectivity index is 2.23. The third-order valence-electron chi connectivity index (χ3n) is 3.35. The van der Waals surface area contributed by atoms with E-state index >= 15 is 0 Å². The molecule has 112 valence electrons. The number of amides is 2. The van der Waals surface area contributed by atoms with Crippen LogP contribution in [-0.4, -0.2) is 42.5 Å². The zero-order valence-corrected chi connectivity index (χ0v) is 13.5. The lowest BCUT2D eigenvalue weighted by molar-refractivity contribution is -0.0275. The number of benzene rings is 1. The van der Waals surface area contributed by atoms with E-state index in [1.54, 1.807) is 27.8 Å². The van der Waals surface area contributed by atoms with Gasteiger partial charge in [0.1, 0.15) is 13.4 Å². The summed E-state index contributed by atoms with van der Waals surface area (Å²) in [5.41, 5.74) is 3.10. The SMILES string of the molecule is Bc1cc(C)c2c(c1)CN(N(C)C(=O)OC(C)(C)C)C2=O. The third kappa shape index (κ3) is 3.04. The van der Waals surface area contributed by atoms with Crippen LogP contribution in [0.1, 0.15) is 42.3 Å². The second-order valence-electron chi connectivity index (χ2n) is 6.48. The maximum atomic E-state index is 12.5. The van der Waals surface area contributed by atoms with Crippen LogP contribution < -0.4 is 5.46 Å². The molecule has 1 aliphatic rings. The van der Waals surface area contributed by atoms with E-state index in [0.717, 1.165) is 16.6 Å². The summed E-state index contributed by atoms with van der Waals surface area (Å²) in [5, 5.41) is 2.67. The van der Waals surface area contributed by atoms with E-state index in [2.05, 4.69) is 0 Å². The average Bonchev–Trinajstić information content (AvgIpc) is 2.63. The molecule has 2 amide bonds. The van der Waals surface area contributed by atoms with Crippen molar-refractivity contribution in [3.63, 3.8) is 0 Å². The van der Waals surface area contributed by atoms with Crippen LogP contribution in [0.3, 0.4) is 0 Å². The van der Waals surface area contributed by atoms with E-state index in [9.17, 15) is 9.59 Å². The van der Waals surface area contributed by atoms with Gasteiger partial charge in [-0.1, -0.05) is 17.6 Å². The molecule has 0 bridgehead atoms. The highest BCUT2D eigenvalue weighted by Crippen LogP contribution is 2.26. The minimum atomic E-state index is -0.590. The summed E-state index contributed by atoms with van der Waals surface area (Å²) in [6.07, 6.45) is -0.530. The van der Waals surface area contributed by atoms with E-state index < -0.39 is 11.7 Å². The second-order valence-corrected chi connectivity index (χ2v) is 6.48. The van der Waals surface area contributed by atoms with Gasteiger partial charge in [-0.3, -0.25) is 4.79 Å². The van der Waals surface area contributed by atoms with E-state index in [0.29, 0.717) is 12.1 Å². The highest BCUT2D eigenvalue weighted by atomic mass is 16.6. The van der Waals surface area contributed by atoms with Gasteiger partial charge in [-0.25, -0.2) is 14.8 Å². The molecule has 1 aromatic rings. The average molecular weight is 288 g/mol. The van der Waals surface area contributed by atoms with Crippen LogP contribution in [0.2, 0.25) is 0 Å². The standard InChI is InChI=1S/C15H21BN2O3/c1-9-6-11(16)7-10-8-18(13(19)12(9)10)17(5)14(20)21-15(2,3)4/h6-7H,8,16H2,1-5H3. The molecular formula is C15H21BN2O3. The molecule has 0 atom stereocenters. The van der Waals surface area contributed by atoms with Crippen molar-refractivity contribution in [3.8, 4) is 0 Å². The summed E-state index contributed by atoms with van der Waals surface area (Å²) in [4.78, 5) is 24.6. The molecule has 0 aliphatic carbocycles. The van der Waals surface area contributed by atoms with E-state index in [-0.39, 0.29) is 5.91 Å². The normalized spacial score (nSPS) is 14.1. The lowest BCUT2D eigenvalue weighted by Crippen LogP contribution is -2.46. The van der Waals surface area contributed by atoms with Gasteiger partial charge in [0.2, 0.25) is 0 Å². The second kappa shape index (κ2) is 5.09. The maximum Gasteiger partial charge on any atom is 0.429 e. The zero-order chi connectivity index (χ0) is 15.9. The van der Waals surface area contributed by atoms with Crippen molar-refractivity contribution < 1.29 is 14.3 Å². The van der Waals surface area contributed by atoms with Gasteiger partial charge in [-0.05, 0) is 38.8 Å². The minimum Gasteiger partial charge on any atom is -0.442 e. The Labute approximate surface area is 126 Å². The fourth-order valence-electron chi connectivity index (χ4n) is 2.52. The van der Waals surface area contributed by atoms with Crippen LogP contribution in [0.4, 0.5) is 4.79 Å². The molecule has 0 N–H and O–H groups in total. The van der Waals surface area contributed by atoms with Crippen molar-refractivity contribution in [1.82, 2.24) is 10.0 Å². The zero-order valence-electron chi connectivity index (χ0n) is 13.5. The number of hydrogen-bond donors (Lipinski definition) is 0. The molecule has 1 aromatic carbocycles. The van der Waals surface area contributed by atoms with E-state index in [1.807, 2.05) is 26.9 Å². The highest BCUT2D eigenvalue weighted by molar-refractivity contribution is 6.32. The summed E-state index contributed by atoms with van der Waals surface area (Å²) in [5.74, 6) is -0.157. The van der Waals surface area contributed by atoms with Crippen molar-refractivity contribution in [2.24, 2.45) is 0 Å². The van der Waals surface area contributed by atoms with Crippen LogP contribution >= 0.6 is 0 Å². The lowest BCUT2D eigenvalue weighted by atomic mass is 9.90. The topological polar surface area (TPSA) is 49.9 Å². The first-order valence-electron chi connectivity index (χ1n) is 6.99. The number of hydrazine groups is 1. The van der Waals surface area contributed by atoms with Crippen molar-refractivity contribution >= 4 is 25.3 Å². The van der Waals surface area contributed by atoms with Crippen molar-refractivity contribution in [1.29, 1.82) is 0 Å². The molecule has 5 nitrogen and oxygen atoms in total. The van der Waals surface area contributed by atoms with Gasteiger partial charge in [-0.15, -0.1) is 0 Å². The summed E-state index contributed by atoms with van der Waals surface area (Å²) in [7, 11) is 3.55. The first-order valence-corrected chi connectivity index (χ1v) is 6.99. The predicted octanol–water partition coefficient (Wildman–Crippen LogP) is 0.991. The molecular weight excluding hydrogens is 267 g/mol. The number of hydrogen-bond acceptors (Lipinski definition) is 3. The van der Waals surface area contributed by atoms with Crippen molar-refractivity contribution in [3.05, 3.63) is 28.8 Å². The Hall–Kier alpha value is -1.98. The highest BCUT2D eigenvalue weighted by Gasteiger charge is 2.35. The van der Waals surface area contributed by atoms with Gasteiger partial charge in [0.15, 0.2) is 0 Å². The fraction of sp³-hybridized carbons (Fsp3) is 0.467. The Morgan fingerprint density at radius 1 is 1.38 bits per heavy atom. The molecule has 0 aromatic heterocycles. The van der Waals surface area contributed by atoms with Crippen molar-refractivity contribution in [2.45, 2.75) is 39.8 Å². The van der Waals surface area contributed by atoms with Crippen molar-refractivity contribution in [2.75, 3.05) is 7.05 Å². The first-order chi connectivity index (χ1) is 9.60. The molecule has 0 saturated heterocycles. The smallest absolute Gasteiger partial charge is 0.429 e. The van der Waals surface area contributed by atoms with Gasteiger partial charge >= 0.3 is 6.09 Å². The summed E-state index contributed by atoms with van der Waals surface area (Å²) in [6.45, 7) is 7.71. The Bertz CT molecular complexity index is 608. The number of fused-ring (bicyclic) bond motifs is 1. The molecule has 0 spiro atoms. The molecule has 2 rings (SSSR count). The van der Waals surface area contributed by atoms with Crippen LogP contribution in [0.25, 0.3) is 0 Å². The maximum absolute atomic E-state index is 12.5. The molecule has 1 heterocycles. The summed E-state index contributed by atoms with van der Waals surface area (Å²) >= 11 is 0. The van der Waals surface area contributed by atoms with Crippen LogP contribution in [0, 0.1) is 6.92 Å². The number of nitrogens with zero attached hydrogens (tertiary/aromatic N) is 2. The quantitative estimate of drug-likeness (QED) is 0.724. The Kier molecular flexibility index (Phi) is 3.74. The molecule has 6 heteroatoms. The lowest BCUT2D eigenvalue weighted by Gasteiger charge is -2.30. The van der Waals surface area contributed by atoms with Gasteiger partial charge in [0, 0.05) is 12.6 Å². The third-order valence-corrected chi connectivity index (χ3v) is 3.35. The molecule has 0 radical (unpaired) electrons. The van der Waals surface area contributed by atoms with Crippen LogP contribution in [0.5, 0.6) is 0 Å². The van der Waals surface area contributed by atoms with Crippen LogP contribution in [-0.2, 0) is 11.3 Å². The number of aryl methyl sites for hydroxylation is 1. The Morgan fingerprint density at radius 2 is 2.00 bits per heavy atom. The van der Waals surface area contributed by atoms with Gasteiger partial charge in [0.25, 0.3) is 5.91 Å². The number of carbonyl (C=O) groups is 2. The van der Waals surface area contributed by atoms with Gasteiger partial charge in [0.05, 0.1) is 6.54 Å². The number of ether oxygens (including phenoxy) is 1. The van der Waals surface area contributed by atoms with E-state index in [4.69, 9.17) is 4.74 Å². The Morgan fingerprint density at radius 3 is 2.57 bits per heavy atom. The monoisotopic (exact) mass is 288 g/mol. The molecule has 0 unspecified atom stereocenters. The van der Waals surface area contributed by atoms with Gasteiger partial charge in [-0.2, -0.15) is 0 Å². The molecule has 0 saturated carbocycles. The van der Waals surface area contributed by atoms with Crippen LogP contribution in [0.15, 0.2) is 12.1 Å². The summed E-state index contributed by atoms with van der Waals surface area (Å²) < 4.78 is 5.31. The molecule has 0 fully saturated rings. The predicted molar refractivity (Wildman–Crippen MR) is 83.2 cm³/mol. The summed E-state index contributed by atoms with van der Waals surface area (Å²) in [6, 6.07) is 3.97. The number of rotatable bonds is 1. The fourth-order valence-corrected chi connectivity index (χ4v) is 2.52. The number of carbonyl (C=O) groups excluding carboxylic acids is 2. The van der Waals surface area contributed by atoms with E-state index in [1.165, 1.54) is 10.0 Å². The molecule has 1 aliphatic heterocycles. The largest absolute Gasteiger partial charge is 0.442 e. The minimum absolute atomic E-state index is 0.157. The molecule has 21 heavy (non-hydrogen) atoms.